The van der Waals surface area contributed by atoms with Crippen molar-refractivity contribution in [3.63, 3.8) is 0 Å². The molecule has 0 spiro atoms. The van der Waals surface area contributed by atoms with E-state index in [9.17, 15) is 9.59 Å². The lowest BCUT2D eigenvalue weighted by atomic mass is 9.97. The Morgan fingerprint density at radius 3 is 2.63 bits per heavy atom. The molecule has 1 aromatic heterocycles. The van der Waals surface area contributed by atoms with Crippen LogP contribution in [0.15, 0.2) is 51.7 Å². The van der Waals surface area contributed by atoms with E-state index in [-0.39, 0.29) is 17.1 Å². The molecule has 2 aromatic carbocycles. The van der Waals surface area contributed by atoms with E-state index >= 15 is 0 Å². The third-order valence-corrected chi connectivity index (χ3v) is 6.85. The Morgan fingerprint density at radius 2 is 1.86 bits per heavy atom. The quantitative estimate of drug-likeness (QED) is 0.489. The average Bonchev–Trinajstić information content (AvgIpc) is 3.18. The highest BCUT2D eigenvalue weighted by molar-refractivity contribution is 5.99. The van der Waals surface area contributed by atoms with Crippen molar-refractivity contribution in [2.45, 2.75) is 32.7 Å². The molecule has 1 fully saturated rings. The van der Waals surface area contributed by atoms with Crippen LogP contribution in [0, 0.1) is 0 Å². The summed E-state index contributed by atoms with van der Waals surface area (Å²) in [4.78, 5) is 31.5. The van der Waals surface area contributed by atoms with Gasteiger partial charge in [-0.25, -0.2) is 0 Å². The Kier molecular flexibility index (Phi) is 6.88. The molecule has 1 saturated heterocycles. The monoisotopic (exact) mass is 476 g/mol. The van der Waals surface area contributed by atoms with Crippen molar-refractivity contribution in [1.82, 2.24) is 9.80 Å². The smallest absolute Gasteiger partial charge is 0.290 e. The first-order chi connectivity index (χ1) is 17.1. The molecule has 3 aromatic rings. The van der Waals surface area contributed by atoms with E-state index in [0.29, 0.717) is 49.4 Å². The highest BCUT2D eigenvalue weighted by Crippen LogP contribution is 2.39. The second kappa shape index (κ2) is 10.2. The molecule has 7 heteroatoms. The van der Waals surface area contributed by atoms with Gasteiger partial charge in [0.15, 0.2) is 5.43 Å². The first-order valence-corrected chi connectivity index (χ1v) is 12.5. The third-order valence-electron chi connectivity index (χ3n) is 6.85. The lowest BCUT2D eigenvalue weighted by Gasteiger charge is -2.31. The fourth-order valence-electron chi connectivity index (χ4n) is 4.93. The Morgan fingerprint density at radius 1 is 1.03 bits per heavy atom. The van der Waals surface area contributed by atoms with Crippen LogP contribution >= 0.6 is 0 Å². The van der Waals surface area contributed by atoms with Crippen LogP contribution in [-0.2, 0) is 11.2 Å². The minimum absolute atomic E-state index is 0.136. The summed E-state index contributed by atoms with van der Waals surface area (Å²) < 4.78 is 17.4. The van der Waals surface area contributed by atoms with Crippen molar-refractivity contribution in [2.24, 2.45) is 0 Å². The summed E-state index contributed by atoms with van der Waals surface area (Å²) in [6, 6.07) is 12.8. The van der Waals surface area contributed by atoms with Crippen LogP contribution in [0.25, 0.3) is 11.0 Å². The van der Waals surface area contributed by atoms with Crippen molar-refractivity contribution in [3.05, 3.63) is 75.1 Å². The Hall–Kier alpha value is -3.16. The molecular weight excluding hydrogens is 444 g/mol. The van der Waals surface area contributed by atoms with Gasteiger partial charge in [-0.05, 0) is 48.2 Å². The molecule has 184 valence electrons. The Labute approximate surface area is 205 Å². The van der Waals surface area contributed by atoms with Crippen LogP contribution in [0.3, 0.4) is 0 Å². The molecule has 1 amide bonds. The number of ether oxygens (including phenoxy) is 2. The summed E-state index contributed by atoms with van der Waals surface area (Å²) in [5.41, 5.74) is 2.65. The minimum atomic E-state index is -0.519. The Balaban J connectivity index is 1.59. The van der Waals surface area contributed by atoms with E-state index in [4.69, 9.17) is 13.9 Å². The molecule has 0 N–H and O–H groups in total. The summed E-state index contributed by atoms with van der Waals surface area (Å²) in [6.45, 7) is 8.97. The molecule has 7 nitrogen and oxygen atoms in total. The van der Waals surface area contributed by atoms with Gasteiger partial charge in [0, 0.05) is 26.2 Å². The van der Waals surface area contributed by atoms with Crippen molar-refractivity contribution < 1.29 is 18.7 Å². The van der Waals surface area contributed by atoms with Gasteiger partial charge in [-0.3, -0.25) is 14.5 Å². The molecule has 1 unspecified atom stereocenters. The predicted octanol–water partition coefficient (Wildman–Crippen LogP) is 4.02. The molecule has 0 saturated carbocycles. The summed E-state index contributed by atoms with van der Waals surface area (Å²) >= 11 is 0. The standard InChI is InChI=1S/C28H32N2O5/c1-3-14-34-21-7-5-6-20(18-21)25-24-26(31)22-17-19(4-2)8-9-23(22)35-27(24)28(32)30(25)11-10-29-12-15-33-16-13-29/h5-9,17-18,25H,3-4,10-16H2,1-2H3. The number of amides is 1. The first kappa shape index (κ1) is 23.6. The second-order valence-corrected chi connectivity index (χ2v) is 9.13. The summed E-state index contributed by atoms with van der Waals surface area (Å²) in [7, 11) is 0. The number of fused-ring (bicyclic) bond motifs is 2. The normalized spacial score (nSPS) is 18.3. The van der Waals surface area contributed by atoms with Gasteiger partial charge in [0.2, 0.25) is 5.76 Å². The lowest BCUT2D eigenvalue weighted by molar-refractivity contribution is 0.0314. The number of benzene rings is 2. The van der Waals surface area contributed by atoms with Crippen LogP contribution in [-0.4, -0.2) is 61.7 Å². The number of carbonyl (C=O) groups excluding carboxylic acids is 1. The first-order valence-electron chi connectivity index (χ1n) is 12.5. The topological polar surface area (TPSA) is 72.2 Å². The van der Waals surface area contributed by atoms with Gasteiger partial charge < -0.3 is 18.8 Å². The van der Waals surface area contributed by atoms with Crippen molar-refractivity contribution in [1.29, 1.82) is 0 Å². The summed E-state index contributed by atoms with van der Waals surface area (Å²) in [5.74, 6) is 0.645. The number of rotatable bonds is 8. The molecule has 35 heavy (non-hydrogen) atoms. The molecule has 2 aliphatic rings. The van der Waals surface area contributed by atoms with Gasteiger partial charge in [0.25, 0.3) is 5.91 Å². The van der Waals surface area contributed by atoms with Crippen molar-refractivity contribution in [3.8, 4) is 5.75 Å². The molecule has 0 radical (unpaired) electrons. The maximum atomic E-state index is 13.8. The summed E-state index contributed by atoms with van der Waals surface area (Å²) in [5, 5.41) is 0.523. The fraction of sp³-hybridized carbons (Fsp3) is 0.429. The largest absolute Gasteiger partial charge is 0.494 e. The number of nitrogens with zero attached hydrogens (tertiary/aromatic N) is 2. The molecule has 3 heterocycles. The van der Waals surface area contributed by atoms with E-state index in [1.165, 1.54) is 0 Å². The van der Waals surface area contributed by atoms with Crippen LogP contribution in [0.2, 0.25) is 0 Å². The van der Waals surface area contributed by atoms with Crippen LogP contribution < -0.4 is 10.2 Å². The average molecular weight is 477 g/mol. The number of aryl methyl sites for hydroxylation is 1. The van der Waals surface area contributed by atoms with Crippen LogP contribution in [0.1, 0.15) is 53.6 Å². The highest BCUT2D eigenvalue weighted by Gasteiger charge is 2.42. The van der Waals surface area contributed by atoms with Crippen LogP contribution in [0.4, 0.5) is 0 Å². The van der Waals surface area contributed by atoms with E-state index in [1.54, 1.807) is 11.0 Å². The second-order valence-electron chi connectivity index (χ2n) is 9.13. The number of hydrogen-bond acceptors (Lipinski definition) is 6. The number of morpholine rings is 1. The number of carbonyl (C=O) groups is 1. The van der Waals surface area contributed by atoms with E-state index in [1.807, 2.05) is 36.4 Å². The molecule has 0 aliphatic carbocycles. The maximum Gasteiger partial charge on any atom is 0.290 e. The lowest BCUT2D eigenvalue weighted by Crippen LogP contribution is -2.42. The minimum Gasteiger partial charge on any atom is -0.494 e. The zero-order chi connectivity index (χ0) is 24.4. The van der Waals surface area contributed by atoms with Gasteiger partial charge >= 0.3 is 0 Å². The van der Waals surface area contributed by atoms with Gasteiger partial charge in [-0.15, -0.1) is 0 Å². The van der Waals surface area contributed by atoms with Crippen LogP contribution in [0.5, 0.6) is 5.75 Å². The number of hydrogen-bond donors (Lipinski definition) is 0. The molecule has 1 atom stereocenters. The maximum absolute atomic E-state index is 13.8. The molecule has 5 rings (SSSR count). The summed E-state index contributed by atoms with van der Waals surface area (Å²) in [6.07, 6.45) is 1.72. The van der Waals surface area contributed by atoms with E-state index in [0.717, 1.165) is 42.8 Å². The molecular formula is C28H32N2O5. The molecule has 0 bridgehead atoms. The van der Waals surface area contributed by atoms with Crippen molar-refractivity contribution in [2.75, 3.05) is 46.0 Å². The van der Waals surface area contributed by atoms with E-state index in [2.05, 4.69) is 18.7 Å². The van der Waals surface area contributed by atoms with Crippen molar-refractivity contribution >= 4 is 16.9 Å². The van der Waals surface area contributed by atoms with Gasteiger partial charge in [-0.2, -0.15) is 0 Å². The third kappa shape index (κ3) is 4.58. The zero-order valence-corrected chi connectivity index (χ0v) is 20.4. The van der Waals surface area contributed by atoms with Gasteiger partial charge in [0.05, 0.1) is 36.8 Å². The Bertz CT molecular complexity index is 1280. The highest BCUT2D eigenvalue weighted by atomic mass is 16.5. The fourth-order valence-corrected chi connectivity index (χ4v) is 4.93. The predicted molar refractivity (Wildman–Crippen MR) is 134 cm³/mol. The van der Waals surface area contributed by atoms with Gasteiger partial charge in [0.1, 0.15) is 11.3 Å². The van der Waals surface area contributed by atoms with E-state index < -0.39 is 6.04 Å². The zero-order valence-electron chi connectivity index (χ0n) is 20.4. The molecule has 2 aliphatic heterocycles. The SMILES string of the molecule is CCCOc1cccc(C2c3c(oc4ccc(CC)cc4c3=O)C(=O)N2CCN2CCOCC2)c1. The van der Waals surface area contributed by atoms with Gasteiger partial charge in [-0.1, -0.05) is 32.0 Å².